The molecule has 21 heavy (non-hydrogen) atoms. The van der Waals surface area contributed by atoms with E-state index in [4.69, 9.17) is 22.1 Å². The van der Waals surface area contributed by atoms with Gasteiger partial charge in [-0.3, -0.25) is 4.79 Å². The molecule has 0 spiro atoms. The SMILES string of the molecule is CC(Oc1cccc(Cl)c1)C(=O)N1CCC(C(C)N)C1.Cl. The van der Waals surface area contributed by atoms with E-state index in [1.165, 1.54) is 0 Å². The average molecular weight is 333 g/mol. The second-order valence-corrected chi connectivity index (χ2v) is 5.85. The highest BCUT2D eigenvalue weighted by atomic mass is 35.5. The van der Waals surface area contributed by atoms with Crippen molar-refractivity contribution in [1.29, 1.82) is 0 Å². The van der Waals surface area contributed by atoms with Gasteiger partial charge in [-0.05, 0) is 44.4 Å². The van der Waals surface area contributed by atoms with Crippen molar-refractivity contribution in [3.05, 3.63) is 29.3 Å². The molecule has 0 aromatic heterocycles. The van der Waals surface area contributed by atoms with E-state index in [9.17, 15) is 4.79 Å². The Kier molecular flexibility index (Phi) is 6.78. The zero-order valence-electron chi connectivity index (χ0n) is 12.3. The van der Waals surface area contributed by atoms with Crippen LogP contribution in [-0.2, 0) is 4.79 Å². The van der Waals surface area contributed by atoms with Crippen LogP contribution >= 0.6 is 24.0 Å². The van der Waals surface area contributed by atoms with Crippen LogP contribution < -0.4 is 10.5 Å². The molecule has 4 nitrogen and oxygen atoms in total. The number of benzene rings is 1. The summed E-state index contributed by atoms with van der Waals surface area (Å²) in [5.41, 5.74) is 5.89. The first-order valence-corrected chi connectivity index (χ1v) is 7.31. The Morgan fingerprint density at radius 3 is 2.76 bits per heavy atom. The number of nitrogens with zero attached hydrogens (tertiary/aromatic N) is 1. The lowest BCUT2D eigenvalue weighted by atomic mass is 10.0. The van der Waals surface area contributed by atoms with Gasteiger partial charge in [0.05, 0.1) is 0 Å². The van der Waals surface area contributed by atoms with E-state index in [0.29, 0.717) is 16.7 Å². The van der Waals surface area contributed by atoms with E-state index in [-0.39, 0.29) is 24.4 Å². The monoisotopic (exact) mass is 332 g/mol. The second-order valence-electron chi connectivity index (χ2n) is 5.41. The molecule has 0 radical (unpaired) electrons. The lowest BCUT2D eigenvalue weighted by Crippen LogP contribution is -2.40. The minimum absolute atomic E-state index is 0. The summed E-state index contributed by atoms with van der Waals surface area (Å²) in [5.74, 6) is 1.01. The number of amides is 1. The second kappa shape index (κ2) is 7.87. The third-order valence-corrected chi connectivity index (χ3v) is 3.97. The fourth-order valence-electron chi connectivity index (χ4n) is 2.47. The van der Waals surface area contributed by atoms with Crippen molar-refractivity contribution in [3.63, 3.8) is 0 Å². The van der Waals surface area contributed by atoms with E-state index >= 15 is 0 Å². The molecular weight excluding hydrogens is 311 g/mol. The van der Waals surface area contributed by atoms with Crippen molar-refractivity contribution in [2.45, 2.75) is 32.4 Å². The largest absolute Gasteiger partial charge is 0.481 e. The Morgan fingerprint density at radius 2 is 2.19 bits per heavy atom. The maximum Gasteiger partial charge on any atom is 0.263 e. The Morgan fingerprint density at radius 1 is 1.48 bits per heavy atom. The van der Waals surface area contributed by atoms with Crippen molar-refractivity contribution in [2.75, 3.05) is 13.1 Å². The standard InChI is InChI=1S/C15H21ClN2O2.ClH/c1-10(17)12-6-7-18(9-12)15(19)11(2)20-14-5-3-4-13(16)8-14;/h3-5,8,10-12H,6-7,9,17H2,1-2H3;1H. The Balaban J connectivity index is 0.00000220. The molecule has 118 valence electrons. The van der Waals surface area contributed by atoms with Crippen LogP contribution in [-0.4, -0.2) is 36.0 Å². The van der Waals surface area contributed by atoms with Crippen molar-refractivity contribution in [3.8, 4) is 5.75 Å². The number of hydrogen-bond donors (Lipinski definition) is 1. The summed E-state index contributed by atoms with van der Waals surface area (Å²) in [5, 5.41) is 0.598. The number of rotatable bonds is 4. The van der Waals surface area contributed by atoms with E-state index in [1.807, 2.05) is 11.8 Å². The predicted molar refractivity (Wildman–Crippen MR) is 87.1 cm³/mol. The molecule has 1 saturated heterocycles. The van der Waals surface area contributed by atoms with Crippen molar-refractivity contribution in [2.24, 2.45) is 11.7 Å². The summed E-state index contributed by atoms with van der Waals surface area (Å²) in [4.78, 5) is 14.2. The van der Waals surface area contributed by atoms with Gasteiger partial charge in [-0.15, -0.1) is 12.4 Å². The zero-order chi connectivity index (χ0) is 14.7. The molecule has 3 unspecified atom stereocenters. The van der Waals surface area contributed by atoms with Crippen LogP contribution in [0.15, 0.2) is 24.3 Å². The Hall–Kier alpha value is -0.970. The molecule has 1 amide bonds. The molecule has 1 aliphatic heterocycles. The molecule has 0 aliphatic carbocycles. The molecule has 1 heterocycles. The molecule has 6 heteroatoms. The van der Waals surface area contributed by atoms with Gasteiger partial charge in [-0.2, -0.15) is 0 Å². The highest BCUT2D eigenvalue weighted by Gasteiger charge is 2.31. The molecule has 0 saturated carbocycles. The first-order valence-electron chi connectivity index (χ1n) is 6.94. The lowest BCUT2D eigenvalue weighted by Gasteiger charge is -2.22. The van der Waals surface area contributed by atoms with Crippen LogP contribution in [0.3, 0.4) is 0 Å². The van der Waals surface area contributed by atoms with Crippen LogP contribution in [0.5, 0.6) is 5.75 Å². The lowest BCUT2D eigenvalue weighted by molar-refractivity contribution is -0.137. The molecule has 1 aliphatic rings. The highest BCUT2D eigenvalue weighted by molar-refractivity contribution is 6.30. The molecule has 1 aromatic carbocycles. The van der Waals surface area contributed by atoms with Gasteiger partial charge in [0.25, 0.3) is 5.91 Å². The molecule has 1 fully saturated rings. The van der Waals surface area contributed by atoms with Crippen molar-refractivity contribution >= 4 is 29.9 Å². The molecule has 2 rings (SSSR count). The summed E-state index contributed by atoms with van der Waals surface area (Å²) >= 11 is 5.90. The first kappa shape index (κ1) is 18.1. The predicted octanol–water partition coefficient (Wildman–Crippen LogP) is 2.72. The summed E-state index contributed by atoms with van der Waals surface area (Å²) < 4.78 is 5.66. The van der Waals surface area contributed by atoms with E-state index in [0.717, 1.165) is 19.5 Å². The van der Waals surface area contributed by atoms with Gasteiger partial charge in [0.2, 0.25) is 0 Å². The Labute approximate surface area is 137 Å². The van der Waals surface area contributed by atoms with Crippen LogP contribution in [0.1, 0.15) is 20.3 Å². The maximum absolute atomic E-state index is 12.3. The number of hydrogen-bond acceptors (Lipinski definition) is 3. The highest BCUT2D eigenvalue weighted by Crippen LogP contribution is 2.22. The summed E-state index contributed by atoms with van der Waals surface area (Å²) in [7, 11) is 0. The van der Waals surface area contributed by atoms with Gasteiger partial charge in [-0.25, -0.2) is 0 Å². The maximum atomic E-state index is 12.3. The quantitative estimate of drug-likeness (QED) is 0.922. The number of carbonyl (C=O) groups is 1. The third kappa shape index (κ3) is 4.77. The smallest absolute Gasteiger partial charge is 0.263 e. The van der Waals surface area contributed by atoms with Crippen LogP contribution in [0.25, 0.3) is 0 Å². The van der Waals surface area contributed by atoms with Crippen molar-refractivity contribution < 1.29 is 9.53 Å². The van der Waals surface area contributed by atoms with Gasteiger partial charge in [0.1, 0.15) is 5.75 Å². The fraction of sp³-hybridized carbons (Fsp3) is 0.533. The van der Waals surface area contributed by atoms with Crippen LogP contribution in [0.4, 0.5) is 0 Å². The molecule has 1 aromatic rings. The normalized spacial score (nSPS) is 20.6. The minimum Gasteiger partial charge on any atom is -0.481 e. The zero-order valence-corrected chi connectivity index (χ0v) is 13.9. The minimum atomic E-state index is -0.514. The van der Waals surface area contributed by atoms with Crippen LogP contribution in [0.2, 0.25) is 5.02 Å². The molecule has 3 atom stereocenters. The molecule has 2 N–H and O–H groups in total. The van der Waals surface area contributed by atoms with E-state index < -0.39 is 6.10 Å². The summed E-state index contributed by atoms with van der Waals surface area (Å²) in [6.07, 6.45) is 0.452. The third-order valence-electron chi connectivity index (χ3n) is 3.74. The van der Waals surface area contributed by atoms with Gasteiger partial charge < -0.3 is 15.4 Å². The number of ether oxygens (including phenoxy) is 1. The summed E-state index contributed by atoms with van der Waals surface area (Å²) in [6.45, 7) is 5.24. The van der Waals surface area contributed by atoms with Crippen LogP contribution in [0, 0.1) is 5.92 Å². The number of halogens is 2. The first-order chi connectivity index (χ1) is 9.47. The summed E-state index contributed by atoms with van der Waals surface area (Å²) in [6, 6.07) is 7.20. The van der Waals surface area contributed by atoms with Gasteiger partial charge in [0, 0.05) is 24.2 Å². The number of likely N-dealkylation sites (tertiary alicyclic amines) is 1. The van der Waals surface area contributed by atoms with Gasteiger partial charge in [0.15, 0.2) is 6.10 Å². The van der Waals surface area contributed by atoms with Gasteiger partial charge >= 0.3 is 0 Å². The topological polar surface area (TPSA) is 55.6 Å². The van der Waals surface area contributed by atoms with Crippen molar-refractivity contribution in [1.82, 2.24) is 4.90 Å². The van der Waals surface area contributed by atoms with E-state index in [2.05, 4.69) is 0 Å². The van der Waals surface area contributed by atoms with E-state index in [1.54, 1.807) is 31.2 Å². The fourth-order valence-corrected chi connectivity index (χ4v) is 2.65. The van der Waals surface area contributed by atoms with Gasteiger partial charge in [-0.1, -0.05) is 17.7 Å². The average Bonchev–Trinajstić information content (AvgIpc) is 2.87. The molecule has 0 bridgehead atoms. The molecular formula is C15H22Cl2N2O2. The Bertz CT molecular complexity index is 482. The number of nitrogens with two attached hydrogens (primary N) is 1. The number of carbonyl (C=O) groups excluding carboxylic acids is 1.